The Kier molecular flexibility index (Phi) is 7.87. The molecule has 2 aromatic carbocycles. The van der Waals surface area contributed by atoms with Gasteiger partial charge >= 0.3 is 0 Å². The lowest BCUT2D eigenvalue weighted by Crippen LogP contribution is -2.47. The van der Waals surface area contributed by atoms with E-state index < -0.39 is 0 Å². The van der Waals surface area contributed by atoms with Crippen molar-refractivity contribution in [3.05, 3.63) is 77.6 Å². The van der Waals surface area contributed by atoms with Crippen molar-refractivity contribution in [3.8, 4) is 17.2 Å². The summed E-state index contributed by atoms with van der Waals surface area (Å²) in [6, 6.07) is 17.9. The van der Waals surface area contributed by atoms with Gasteiger partial charge in [0.25, 0.3) is 0 Å². The van der Waals surface area contributed by atoms with Crippen molar-refractivity contribution in [2.45, 2.75) is 19.4 Å². The number of pyridine rings is 1. The van der Waals surface area contributed by atoms with Gasteiger partial charge in [0.1, 0.15) is 5.75 Å². The summed E-state index contributed by atoms with van der Waals surface area (Å²) in [6.45, 7) is 5.78. The Morgan fingerprint density at radius 1 is 0.886 bits per heavy atom. The first-order chi connectivity index (χ1) is 17.0. The lowest BCUT2D eigenvalue weighted by Gasteiger charge is -2.40. The molecule has 7 heteroatoms. The molecule has 1 aromatic heterocycles. The smallest absolute Gasteiger partial charge is 0.179 e. The molecule has 7 nitrogen and oxygen atoms in total. The average Bonchev–Trinajstić information content (AvgIpc) is 2.92. The largest absolute Gasteiger partial charge is 0.495 e. The van der Waals surface area contributed by atoms with Gasteiger partial charge in [-0.1, -0.05) is 36.4 Å². The molecule has 0 radical (unpaired) electrons. The number of anilines is 1. The second-order valence-corrected chi connectivity index (χ2v) is 8.59. The normalized spacial score (nSPS) is 14.9. The van der Waals surface area contributed by atoms with Gasteiger partial charge < -0.3 is 19.1 Å². The number of carbonyl (C=O) groups is 1. The average molecular weight is 476 g/mol. The monoisotopic (exact) mass is 475 g/mol. The van der Waals surface area contributed by atoms with E-state index in [1.807, 2.05) is 36.4 Å². The van der Waals surface area contributed by atoms with Crippen LogP contribution in [-0.4, -0.2) is 63.2 Å². The van der Waals surface area contributed by atoms with Crippen molar-refractivity contribution in [1.29, 1.82) is 0 Å². The maximum atomic E-state index is 13.3. The van der Waals surface area contributed by atoms with Crippen molar-refractivity contribution in [2.24, 2.45) is 0 Å². The van der Waals surface area contributed by atoms with Crippen LogP contribution in [0.15, 0.2) is 60.8 Å². The van der Waals surface area contributed by atoms with E-state index in [4.69, 9.17) is 14.2 Å². The summed E-state index contributed by atoms with van der Waals surface area (Å²) < 4.78 is 16.2. The van der Waals surface area contributed by atoms with Crippen molar-refractivity contribution in [2.75, 3.05) is 52.4 Å². The quantitative estimate of drug-likeness (QED) is 0.425. The fourth-order valence-electron chi connectivity index (χ4n) is 4.69. The van der Waals surface area contributed by atoms with Gasteiger partial charge in [0.2, 0.25) is 0 Å². The Morgan fingerprint density at radius 2 is 1.54 bits per heavy atom. The molecule has 1 fully saturated rings. The van der Waals surface area contributed by atoms with E-state index >= 15 is 0 Å². The van der Waals surface area contributed by atoms with Crippen LogP contribution in [0, 0.1) is 0 Å². The fourth-order valence-corrected chi connectivity index (χ4v) is 4.69. The second kappa shape index (κ2) is 11.2. The van der Waals surface area contributed by atoms with E-state index in [9.17, 15) is 4.79 Å². The van der Waals surface area contributed by atoms with E-state index in [1.54, 1.807) is 33.6 Å². The van der Waals surface area contributed by atoms with Crippen molar-refractivity contribution < 1.29 is 19.0 Å². The van der Waals surface area contributed by atoms with E-state index in [-0.39, 0.29) is 18.2 Å². The standard InChI is InChI=1S/C28H33N3O4/c1-20(30-13-15-31(16-14-30)24-11-7-8-12-26(24)33-2)22-9-5-6-10-23(22)25(32)17-21-18-27(34-3)28(35-4)19-29-21/h5-12,18-20H,13-17H2,1-4H3. The minimum atomic E-state index is 0.0415. The van der Waals surface area contributed by atoms with Gasteiger partial charge in [-0.2, -0.15) is 0 Å². The molecule has 0 amide bonds. The van der Waals surface area contributed by atoms with Crippen LogP contribution in [0.5, 0.6) is 17.2 Å². The molecule has 1 aliphatic heterocycles. The number of hydrogen-bond donors (Lipinski definition) is 0. The maximum absolute atomic E-state index is 13.3. The zero-order valence-corrected chi connectivity index (χ0v) is 20.9. The number of rotatable bonds is 9. The number of para-hydroxylation sites is 2. The first-order valence-corrected chi connectivity index (χ1v) is 11.9. The van der Waals surface area contributed by atoms with Crippen LogP contribution in [-0.2, 0) is 6.42 Å². The number of piperazine rings is 1. The highest BCUT2D eigenvalue weighted by atomic mass is 16.5. The minimum Gasteiger partial charge on any atom is -0.495 e. The van der Waals surface area contributed by atoms with E-state index in [0.717, 1.165) is 48.7 Å². The van der Waals surface area contributed by atoms with E-state index in [1.165, 1.54) is 0 Å². The zero-order valence-electron chi connectivity index (χ0n) is 20.9. The van der Waals surface area contributed by atoms with E-state index in [2.05, 4.69) is 33.8 Å². The lowest BCUT2D eigenvalue weighted by molar-refractivity contribution is 0.0987. The molecular formula is C28H33N3O4. The summed E-state index contributed by atoms with van der Waals surface area (Å²) in [4.78, 5) is 22.5. The molecule has 3 aromatic rings. The molecule has 184 valence electrons. The fraction of sp³-hybridized carbons (Fsp3) is 0.357. The predicted molar refractivity (Wildman–Crippen MR) is 137 cm³/mol. The number of ketones is 1. The molecule has 2 heterocycles. The van der Waals surface area contributed by atoms with Crippen molar-refractivity contribution in [3.63, 3.8) is 0 Å². The maximum Gasteiger partial charge on any atom is 0.179 e. The Hall–Kier alpha value is -3.58. The molecule has 0 aliphatic carbocycles. The topological polar surface area (TPSA) is 64.1 Å². The van der Waals surface area contributed by atoms with Gasteiger partial charge in [-0.05, 0) is 24.6 Å². The summed E-state index contributed by atoms with van der Waals surface area (Å²) in [5.74, 6) is 2.05. The van der Waals surface area contributed by atoms with Crippen LogP contribution in [0.3, 0.4) is 0 Å². The number of Topliss-reactive ketones (excluding diaryl/α,β-unsaturated/α-hetero) is 1. The SMILES string of the molecule is COc1cnc(CC(=O)c2ccccc2C(C)N2CCN(c3ccccc3OC)CC2)cc1OC. The number of ether oxygens (including phenoxy) is 3. The molecule has 0 N–H and O–H groups in total. The first kappa shape index (κ1) is 24.5. The highest BCUT2D eigenvalue weighted by molar-refractivity contribution is 5.98. The Balaban J connectivity index is 1.46. The number of hydrogen-bond acceptors (Lipinski definition) is 7. The van der Waals surface area contributed by atoms with E-state index in [0.29, 0.717) is 17.2 Å². The number of benzene rings is 2. The zero-order chi connectivity index (χ0) is 24.8. The molecule has 35 heavy (non-hydrogen) atoms. The van der Waals surface area contributed by atoms with Gasteiger partial charge in [-0.3, -0.25) is 14.7 Å². The van der Waals surface area contributed by atoms with Gasteiger partial charge in [0, 0.05) is 43.9 Å². The van der Waals surface area contributed by atoms with Crippen LogP contribution in [0.25, 0.3) is 0 Å². The molecule has 0 spiro atoms. The second-order valence-electron chi connectivity index (χ2n) is 8.59. The van der Waals surface area contributed by atoms with Crippen molar-refractivity contribution >= 4 is 11.5 Å². The lowest BCUT2D eigenvalue weighted by atomic mass is 9.95. The molecule has 0 bridgehead atoms. The summed E-state index contributed by atoms with van der Waals surface area (Å²) in [6.07, 6.45) is 1.79. The summed E-state index contributed by atoms with van der Waals surface area (Å²) in [5.41, 5.74) is 3.56. The summed E-state index contributed by atoms with van der Waals surface area (Å²) >= 11 is 0. The molecule has 1 unspecified atom stereocenters. The highest BCUT2D eigenvalue weighted by Crippen LogP contribution is 2.31. The molecule has 0 saturated carbocycles. The Labute approximate surface area is 207 Å². The Bertz CT molecular complexity index is 1160. The van der Waals surface area contributed by atoms with Crippen LogP contribution < -0.4 is 19.1 Å². The van der Waals surface area contributed by atoms with Gasteiger partial charge in [0.05, 0.1) is 45.3 Å². The molecule has 1 saturated heterocycles. The first-order valence-electron chi connectivity index (χ1n) is 11.9. The van der Waals surface area contributed by atoms with Gasteiger partial charge in [-0.25, -0.2) is 0 Å². The van der Waals surface area contributed by atoms with Gasteiger partial charge in [-0.15, -0.1) is 0 Å². The number of carbonyl (C=O) groups excluding carboxylic acids is 1. The predicted octanol–water partition coefficient (Wildman–Crippen LogP) is 4.42. The third-order valence-corrected chi connectivity index (χ3v) is 6.67. The summed E-state index contributed by atoms with van der Waals surface area (Å²) in [5, 5.41) is 0. The van der Waals surface area contributed by atoms with Crippen molar-refractivity contribution in [1.82, 2.24) is 9.88 Å². The molecule has 1 aliphatic rings. The molecular weight excluding hydrogens is 442 g/mol. The Morgan fingerprint density at radius 3 is 2.26 bits per heavy atom. The number of nitrogens with zero attached hydrogens (tertiary/aromatic N) is 3. The van der Waals surface area contributed by atoms with Crippen LogP contribution in [0.1, 0.15) is 34.6 Å². The molecule has 4 rings (SSSR count). The van der Waals surface area contributed by atoms with Crippen LogP contribution in [0.4, 0.5) is 5.69 Å². The number of aromatic nitrogens is 1. The molecule has 1 atom stereocenters. The third-order valence-electron chi connectivity index (χ3n) is 6.67. The minimum absolute atomic E-state index is 0.0415. The third kappa shape index (κ3) is 5.41. The highest BCUT2D eigenvalue weighted by Gasteiger charge is 2.26. The van der Waals surface area contributed by atoms with Gasteiger partial charge in [0.15, 0.2) is 17.3 Å². The summed E-state index contributed by atoms with van der Waals surface area (Å²) in [7, 11) is 4.86. The van der Waals surface area contributed by atoms with Crippen LogP contribution in [0.2, 0.25) is 0 Å². The number of methoxy groups -OCH3 is 3. The van der Waals surface area contributed by atoms with Crippen LogP contribution >= 0.6 is 0 Å².